The van der Waals surface area contributed by atoms with Gasteiger partial charge in [0.15, 0.2) is 5.16 Å². The zero-order valence-corrected chi connectivity index (χ0v) is 12.8. The van der Waals surface area contributed by atoms with Crippen LogP contribution in [0.15, 0.2) is 17.6 Å². The van der Waals surface area contributed by atoms with Crippen molar-refractivity contribution in [2.24, 2.45) is 0 Å². The normalized spacial score (nSPS) is 10.8. The van der Waals surface area contributed by atoms with E-state index in [2.05, 4.69) is 29.1 Å². The molecule has 0 saturated heterocycles. The highest BCUT2D eigenvalue weighted by Gasteiger charge is 1.97. The summed E-state index contributed by atoms with van der Waals surface area (Å²) in [7, 11) is 0. The van der Waals surface area contributed by atoms with E-state index in [4.69, 9.17) is 4.74 Å². The number of thioether (sulfide) groups is 1. The molecule has 0 saturated carbocycles. The van der Waals surface area contributed by atoms with E-state index in [1.807, 2.05) is 12.4 Å². The number of rotatable bonds is 11. The van der Waals surface area contributed by atoms with E-state index in [9.17, 15) is 0 Å². The molecule has 1 aromatic rings. The predicted octanol–water partition coefficient (Wildman–Crippen LogP) is 2.89. The molecule has 1 rings (SSSR count). The number of aromatic nitrogens is 2. The topological polar surface area (TPSA) is 47.0 Å². The molecule has 0 radical (unpaired) electrons. The molecule has 108 valence electrons. The molecule has 0 bridgehead atoms. The van der Waals surface area contributed by atoms with Crippen molar-refractivity contribution in [3.05, 3.63) is 18.0 Å². The Kier molecular flexibility index (Phi) is 9.67. The van der Waals surface area contributed by atoms with Crippen molar-refractivity contribution in [2.75, 3.05) is 25.5 Å². The molecule has 0 fully saturated rings. The third kappa shape index (κ3) is 8.18. The van der Waals surface area contributed by atoms with Gasteiger partial charge in [-0.1, -0.05) is 32.0 Å². The Balaban J connectivity index is 2.02. The minimum atomic E-state index is 0.825. The van der Waals surface area contributed by atoms with Crippen molar-refractivity contribution in [1.82, 2.24) is 15.3 Å². The molecule has 0 aromatic carbocycles. The first-order valence-electron chi connectivity index (χ1n) is 7.09. The Morgan fingerprint density at radius 1 is 1.16 bits per heavy atom. The summed E-state index contributed by atoms with van der Waals surface area (Å²) in [6, 6.07) is 0. The molecular weight excluding hydrogens is 258 g/mol. The van der Waals surface area contributed by atoms with E-state index in [0.717, 1.165) is 55.6 Å². The first-order chi connectivity index (χ1) is 9.36. The van der Waals surface area contributed by atoms with Gasteiger partial charge in [0.1, 0.15) is 0 Å². The highest BCUT2D eigenvalue weighted by Crippen LogP contribution is 2.10. The maximum Gasteiger partial charge on any atom is 0.187 e. The second kappa shape index (κ2) is 11.2. The molecule has 4 nitrogen and oxygen atoms in total. The Bertz CT molecular complexity index is 319. The minimum Gasteiger partial charge on any atom is -0.381 e. The van der Waals surface area contributed by atoms with Crippen molar-refractivity contribution in [1.29, 1.82) is 0 Å². The standard InChI is InChI=1S/C14H25N3OS/c1-3-5-8-18-9-6-7-15-10-13-11-16-14(17-12-13)19-4-2/h11-12,15H,3-10H2,1-2H3. The van der Waals surface area contributed by atoms with E-state index < -0.39 is 0 Å². The lowest BCUT2D eigenvalue weighted by Crippen LogP contribution is -2.16. The van der Waals surface area contributed by atoms with Gasteiger partial charge < -0.3 is 10.1 Å². The Morgan fingerprint density at radius 3 is 2.58 bits per heavy atom. The molecule has 0 aliphatic rings. The Hall–Kier alpha value is -0.650. The fourth-order valence-corrected chi connectivity index (χ4v) is 2.03. The molecule has 19 heavy (non-hydrogen) atoms. The third-order valence-corrected chi connectivity index (χ3v) is 3.33. The van der Waals surface area contributed by atoms with Gasteiger partial charge in [-0.3, -0.25) is 0 Å². The lowest BCUT2D eigenvalue weighted by atomic mass is 10.3. The van der Waals surface area contributed by atoms with Gasteiger partial charge in [-0.15, -0.1) is 0 Å². The number of hydrogen-bond acceptors (Lipinski definition) is 5. The van der Waals surface area contributed by atoms with Gasteiger partial charge in [-0.25, -0.2) is 9.97 Å². The average Bonchev–Trinajstić information content (AvgIpc) is 2.44. The van der Waals surface area contributed by atoms with Crippen LogP contribution in [-0.4, -0.2) is 35.5 Å². The molecule has 0 aliphatic heterocycles. The SMILES string of the molecule is CCCCOCCCNCc1cnc(SCC)nc1. The summed E-state index contributed by atoms with van der Waals surface area (Å²) in [4.78, 5) is 8.61. The second-order valence-electron chi connectivity index (χ2n) is 4.30. The number of nitrogens with zero attached hydrogens (tertiary/aromatic N) is 2. The summed E-state index contributed by atoms with van der Waals surface area (Å²) in [5.41, 5.74) is 1.13. The van der Waals surface area contributed by atoms with Gasteiger partial charge >= 0.3 is 0 Å². The smallest absolute Gasteiger partial charge is 0.187 e. The van der Waals surface area contributed by atoms with Gasteiger partial charge in [0.05, 0.1) is 0 Å². The van der Waals surface area contributed by atoms with Crippen LogP contribution in [0.1, 0.15) is 38.7 Å². The maximum absolute atomic E-state index is 5.50. The van der Waals surface area contributed by atoms with Crippen LogP contribution in [0, 0.1) is 0 Å². The van der Waals surface area contributed by atoms with Crippen LogP contribution in [0.4, 0.5) is 0 Å². The summed E-state index contributed by atoms with van der Waals surface area (Å²) >= 11 is 1.67. The Morgan fingerprint density at radius 2 is 1.89 bits per heavy atom. The third-order valence-electron chi connectivity index (χ3n) is 2.57. The summed E-state index contributed by atoms with van der Waals surface area (Å²) in [5.74, 6) is 1.01. The second-order valence-corrected chi connectivity index (χ2v) is 5.53. The number of unbranched alkanes of at least 4 members (excludes halogenated alkanes) is 1. The minimum absolute atomic E-state index is 0.825. The van der Waals surface area contributed by atoms with Crippen LogP contribution in [0.5, 0.6) is 0 Å². The molecule has 0 spiro atoms. The quantitative estimate of drug-likeness (QED) is 0.384. The van der Waals surface area contributed by atoms with Crippen LogP contribution < -0.4 is 5.32 Å². The molecule has 1 aromatic heterocycles. The summed E-state index contributed by atoms with van der Waals surface area (Å²) < 4.78 is 5.50. The first-order valence-corrected chi connectivity index (χ1v) is 8.07. The van der Waals surface area contributed by atoms with E-state index in [1.165, 1.54) is 6.42 Å². The number of nitrogens with one attached hydrogen (secondary N) is 1. The molecule has 5 heteroatoms. The molecule has 0 amide bonds. The van der Waals surface area contributed by atoms with Crippen LogP contribution in [0.3, 0.4) is 0 Å². The van der Waals surface area contributed by atoms with E-state index in [1.54, 1.807) is 11.8 Å². The summed E-state index contributed by atoms with van der Waals surface area (Å²) in [6.07, 6.45) is 7.21. The van der Waals surface area contributed by atoms with Crippen LogP contribution in [-0.2, 0) is 11.3 Å². The highest BCUT2D eigenvalue weighted by atomic mass is 32.2. The van der Waals surface area contributed by atoms with Gasteiger partial charge in [0.2, 0.25) is 0 Å². The summed E-state index contributed by atoms with van der Waals surface area (Å²) in [6.45, 7) is 7.81. The van der Waals surface area contributed by atoms with Crippen molar-refractivity contribution < 1.29 is 4.74 Å². The molecule has 0 atom stereocenters. The fourth-order valence-electron chi connectivity index (χ4n) is 1.52. The van der Waals surface area contributed by atoms with Crippen molar-refractivity contribution in [3.63, 3.8) is 0 Å². The van der Waals surface area contributed by atoms with E-state index >= 15 is 0 Å². The molecule has 0 aliphatic carbocycles. The lowest BCUT2D eigenvalue weighted by molar-refractivity contribution is 0.129. The molecule has 1 heterocycles. The van der Waals surface area contributed by atoms with Gasteiger partial charge in [0, 0.05) is 37.7 Å². The Labute approximate surface area is 120 Å². The van der Waals surface area contributed by atoms with Crippen molar-refractivity contribution >= 4 is 11.8 Å². The fraction of sp³-hybridized carbons (Fsp3) is 0.714. The average molecular weight is 283 g/mol. The van der Waals surface area contributed by atoms with Crippen LogP contribution in [0.2, 0.25) is 0 Å². The van der Waals surface area contributed by atoms with E-state index in [-0.39, 0.29) is 0 Å². The van der Waals surface area contributed by atoms with Crippen molar-refractivity contribution in [2.45, 2.75) is 44.8 Å². The number of hydrogen-bond donors (Lipinski definition) is 1. The van der Waals surface area contributed by atoms with Crippen LogP contribution in [0.25, 0.3) is 0 Å². The first kappa shape index (κ1) is 16.4. The van der Waals surface area contributed by atoms with Crippen LogP contribution >= 0.6 is 11.8 Å². The maximum atomic E-state index is 5.50. The highest BCUT2D eigenvalue weighted by molar-refractivity contribution is 7.99. The zero-order valence-electron chi connectivity index (χ0n) is 12.0. The van der Waals surface area contributed by atoms with Gasteiger partial charge in [-0.05, 0) is 25.1 Å². The molecule has 1 N–H and O–H groups in total. The van der Waals surface area contributed by atoms with Gasteiger partial charge in [0.25, 0.3) is 0 Å². The molecular formula is C14H25N3OS. The zero-order chi connectivity index (χ0) is 13.8. The molecule has 0 unspecified atom stereocenters. The monoisotopic (exact) mass is 283 g/mol. The van der Waals surface area contributed by atoms with Gasteiger partial charge in [-0.2, -0.15) is 0 Å². The number of ether oxygens (including phenoxy) is 1. The summed E-state index contributed by atoms with van der Waals surface area (Å²) in [5, 5.41) is 4.23. The van der Waals surface area contributed by atoms with Crippen molar-refractivity contribution in [3.8, 4) is 0 Å². The van der Waals surface area contributed by atoms with E-state index in [0.29, 0.717) is 0 Å². The lowest BCUT2D eigenvalue weighted by Gasteiger charge is -2.06. The largest absolute Gasteiger partial charge is 0.381 e. The predicted molar refractivity (Wildman–Crippen MR) is 80.5 cm³/mol.